The second kappa shape index (κ2) is 6.36. The summed E-state index contributed by atoms with van der Waals surface area (Å²) in [4.78, 5) is 0. The van der Waals surface area contributed by atoms with Gasteiger partial charge < -0.3 is 4.74 Å². The zero-order valence-corrected chi connectivity index (χ0v) is 10.7. The summed E-state index contributed by atoms with van der Waals surface area (Å²) < 4.78 is 5.99. The van der Waals surface area contributed by atoms with Crippen LogP contribution in [0.2, 0.25) is 0 Å². The van der Waals surface area contributed by atoms with Gasteiger partial charge in [-0.15, -0.1) is 0 Å². The first-order valence-corrected chi connectivity index (χ1v) is 6.50. The molecule has 94 valence electrons. The van der Waals surface area contributed by atoms with Crippen LogP contribution in [0.25, 0.3) is 0 Å². The molecule has 1 atom stereocenters. The largest absolute Gasteiger partial charge is 0.366 e. The van der Waals surface area contributed by atoms with Crippen LogP contribution in [0, 0.1) is 0 Å². The maximum absolute atomic E-state index is 5.99. The normalized spacial score (nSPS) is 22.0. The zero-order valence-electron chi connectivity index (χ0n) is 10.7. The molecule has 1 unspecified atom stereocenters. The molecule has 1 nitrogen and oxygen atoms in total. The van der Waals surface area contributed by atoms with Crippen molar-refractivity contribution in [2.45, 2.75) is 24.9 Å². The fourth-order valence-electron chi connectivity index (χ4n) is 2.12. The third-order valence-corrected chi connectivity index (χ3v) is 3.23. The van der Waals surface area contributed by atoms with Crippen LogP contribution in [0.15, 0.2) is 67.3 Å². The molecule has 18 heavy (non-hydrogen) atoms. The summed E-state index contributed by atoms with van der Waals surface area (Å²) in [6, 6.07) is 10.5. The highest BCUT2D eigenvalue weighted by atomic mass is 16.5. The van der Waals surface area contributed by atoms with Gasteiger partial charge in [0.05, 0.1) is 0 Å². The molecule has 0 aromatic heterocycles. The van der Waals surface area contributed by atoms with Gasteiger partial charge in [0, 0.05) is 13.0 Å². The Balaban J connectivity index is 1.76. The van der Waals surface area contributed by atoms with Crippen LogP contribution in [0.5, 0.6) is 0 Å². The first-order valence-electron chi connectivity index (χ1n) is 6.50. The molecule has 0 bridgehead atoms. The van der Waals surface area contributed by atoms with Gasteiger partial charge in [-0.25, -0.2) is 0 Å². The highest BCUT2D eigenvalue weighted by Crippen LogP contribution is 2.23. The van der Waals surface area contributed by atoms with E-state index in [1.54, 1.807) is 0 Å². The lowest BCUT2D eigenvalue weighted by Gasteiger charge is -2.28. The van der Waals surface area contributed by atoms with Crippen LogP contribution in [0.3, 0.4) is 0 Å². The molecule has 0 saturated heterocycles. The van der Waals surface area contributed by atoms with Crippen LogP contribution in [0.4, 0.5) is 0 Å². The van der Waals surface area contributed by atoms with Gasteiger partial charge in [0.25, 0.3) is 0 Å². The van der Waals surface area contributed by atoms with Crippen molar-refractivity contribution in [3.05, 3.63) is 72.9 Å². The van der Waals surface area contributed by atoms with E-state index in [1.807, 2.05) is 18.2 Å². The van der Waals surface area contributed by atoms with Gasteiger partial charge in [-0.3, -0.25) is 0 Å². The first kappa shape index (κ1) is 12.8. The molecule has 1 aliphatic rings. The maximum Gasteiger partial charge on any atom is 0.108 e. The third-order valence-electron chi connectivity index (χ3n) is 3.23. The average molecular weight is 240 g/mol. The summed E-state index contributed by atoms with van der Waals surface area (Å²) in [5, 5.41) is 0. The van der Waals surface area contributed by atoms with Crippen LogP contribution in [0.1, 0.15) is 18.4 Å². The predicted molar refractivity (Wildman–Crippen MR) is 76.5 cm³/mol. The number of benzene rings is 1. The number of hydrogen-bond donors (Lipinski definition) is 0. The van der Waals surface area contributed by atoms with Gasteiger partial charge in [-0.2, -0.15) is 0 Å². The van der Waals surface area contributed by atoms with E-state index in [4.69, 9.17) is 4.74 Å². The molecule has 0 aliphatic heterocycles. The van der Waals surface area contributed by atoms with E-state index in [9.17, 15) is 0 Å². The Morgan fingerprint density at radius 3 is 2.72 bits per heavy atom. The Labute approximate surface area is 109 Å². The quantitative estimate of drug-likeness (QED) is 0.538. The second-order valence-corrected chi connectivity index (χ2v) is 4.59. The molecule has 1 heteroatoms. The maximum atomic E-state index is 5.99. The number of aryl methyl sites for hydroxylation is 1. The summed E-state index contributed by atoms with van der Waals surface area (Å²) in [7, 11) is 0. The monoisotopic (exact) mass is 240 g/mol. The topological polar surface area (TPSA) is 9.23 Å². The highest BCUT2D eigenvalue weighted by molar-refractivity contribution is 5.24. The number of rotatable bonds is 6. The van der Waals surface area contributed by atoms with Gasteiger partial charge in [-0.05, 0) is 24.5 Å². The highest BCUT2D eigenvalue weighted by Gasteiger charge is 2.23. The minimum atomic E-state index is -0.286. The molecule has 2 rings (SSSR count). The molecular weight excluding hydrogens is 220 g/mol. The smallest absolute Gasteiger partial charge is 0.108 e. The van der Waals surface area contributed by atoms with Crippen molar-refractivity contribution in [1.82, 2.24) is 0 Å². The van der Waals surface area contributed by atoms with E-state index < -0.39 is 0 Å². The van der Waals surface area contributed by atoms with E-state index >= 15 is 0 Å². The SMILES string of the molecule is C=CC1(OCCCc2ccccc2)C=CC=CC1. The van der Waals surface area contributed by atoms with E-state index in [-0.39, 0.29) is 5.60 Å². The van der Waals surface area contributed by atoms with Crippen molar-refractivity contribution in [2.24, 2.45) is 0 Å². The van der Waals surface area contributed by atoms with Crippen LogP contribution < -0.4 is 0 Å². The molecule has 0 amide bonds. The van der Waals surface area contributed by atoms with Gasteiger partial charge in [0.1, 0.15) is 5.60 Å². The Hall–Kier alpha value is -1.60. The Bertz CT molecular complexity index is 430. The van der Waals surface area contributed by atoms with Gasteiger partial charge in [0.2, 0.25) is 0 Å². The van der Waals surface area contributed by atoms with Crippen LogP contribution >= 0.6 is 0 Å². The lowest BCUT2D eigenvalue weighted by atomic mass is 9.95. The van der Waals surface area contributed by atoms with Crippen molar-refractivity contribution < 1.29 is 4.74 Å². The molecule has 1 aromatic carbocycles. The van der Waals surface area contributed by atoms with Crippen molar-refractivity contribution in [1.29, 1.82) is 0 Å². The van der Waals surface area contributed by atoms with Gasteiger partial charge in [0.15, 0.2) is 0 Å². The molecule has 0 spiro atoms. The minimum absolute atomic E-state index is 0.286. The Kier molecular flexibility index (Phi) is 4.54. The first-order chi connectivity index (χ1) is 8.85. The van der Waals surface area contributed by atoms with Crippen LogP contribution in [-0.2, 0) is 11.2 Å². The Morgan fingerprint density at radius 1 is 1.22 bits per heavy atom. The van der Waals surface area contributed by atoms with Crippen molar-refractivity contribution in [2.75, 3.05) is 6.61 Å². The lowest BCUT2D eigenvalue weighted by molar-refractivity contribution is 0.0279. The zero-order chi connectivity index (χ0) is 12.7. The molecule has 0 radical (unpaired) electrons. The van der Waals surface area contributed by atoms with Crippen molar-refractivity contribution in [3.8, 4) is 0 Å². The standard InChI is InChI=1S/C17H20O/c1-2-17(13-7-4-8-14-17)18-15-9-12-16-10-5-3-6-11-16/h2-8,10-11,13H,1,9,12,14-15H2. The Morgan fingerprint density at radius 2 is 2.06 bits per heavy atom. The van der Waals surface area contributed by atoms with Crippen molar-refractivity contribution >= 4 is 0 Å². The molecule has 0 N–H and O–H groups in total. The summed E-state index contributed by atoms with van der Waals surface area (Å²) >= 11 is 0. The third kappa shape index (κ3) is 3.44. The number of hydrogen-bond acceptors (Lipinski definition) is 1. The van der Waals surface area contributed by atoms with E-state index in [1.165, 1.54) is 5.56 Å². The number of ether oxygens (including phenoxy) is 1. The van der Waals surface area contributed by atoms with E-state index in [0.717, 1.165) is 25.9 Å². The summed E-state index contributed by atoms with van der Waals surface area (Å²) in [5.41, 5.74) is 1.08. The molecule has 1 aromatic rings. The van der Waals surface area contributed by atoms with Crippen LogP contribution in [-0.4, -0.2) is 12.2 Å². The molecule has 1 aliphatic carbocycles. The minimum Gasteiger partial charge on any atom is -0.366 e. The van der Waals surface area contributed by atoms with Crippen molar-refractivity contribution in [3.63, 3.8) is 0 Å². The van der Waals surface area contributed by atoms with E-state index in [2.05, 4.69) is 49.1 Å². The molecular formula is C17H20O. The lowest BCUT2D eigenvalue weighted by Crippen LogP contribution is -2.28. The summed E-state index contributed by atoms with van der Waals surface area (Å²) in [6.07, 6.45) is 13.2. The van der Waals surface area contributed by atoms with Gasteiger partial charge >= 0.3 is 0 Å². The summed E-state index contributed by atoms with van der Waals surface area (Å²) in [5.74, 6) is 0. The molecule has 0 heterocycles. The summed E-state index contributed by atoms with van der Waals surface area (Å²) in [6.45, 7) is 4.65. The van der Waals surface area contributed by atoms with E-state index in [0.29, 0.717) is 0 Å². The fraction of sp³-hybridized carbons (Fsp3) is 0.294. The molecule has 0 saturated carbocycles. The number of allylic oxidation sites excluding steroid dienone is 2. The average Bonchev–Trinajstić information content (AvgIpc) is 2.46. The molecule has 0 fully saturated rings. The second-order valence-electron chi connectivity index (χ2n) is 4.59. The fourth-order valence-corrected chi connectivity index (χ4v) is 2.12. The predicted octanol–water partition coefficient (Wildman–Crippen LogP) is 4.08. The van der Waals surface area contributed by atoms with Gasteiger partial charge in [-0.1, -0.05) is 61.2 Å².